The Morgan fingerprint density at radius 1 is 0.861 bits per heavy atom. The van der Waals surface area contributed by atoms with Crippen LogP contribution in [0.2, 0.25) is 5.02 Å². The second-order valence-corrected chi connectivity index (χ2v) is 9.41. The number of nitrogens with one attached hydrogen (secondary N) is 1. The molecule has 36 heavy (non-hydrogen) atoms. The topological polar surface area (TPSA) is 54.3 Å². The van der Waals surface area contributed by atoms with Crippen LogP contribution in [0.4, 0.5) is 0 Å². The maximum atomic E-state index is 9.18. The van der Waals surface area contributed by atoms with Crippen LogP contribution in [0.5, 0.6) is 11.5 Å². The van der Waals surface area contributed by atoms with Crippen molar-refractivity contribution in [3.8, 4) is 28.7 Å². The Balaban J connectivity index is 1.55. The van der Waals surface area contributed by atoms with E-state index >= 15 is 0 Å². The van der Waals surface area contributed by atoms with Gasteiger partial charge in [-0.1, -0.05) is 79.2 Å². The van der Waals surface area contributed by atoms with Crippen LogP contribution in [-0.4, -0.2) is 6.54 Å². The summed E-state index contributed by atoms with van der Waals surface area (Å²) in [5.74, 6) is 1.24. The van der Waals surface area contributed by atoms with Gasteiger partial charge in [-0.25, -0.2) is 0 Å². The second kappa shape index (κ2) is 12.6. The maximum absolute atomic E-state index is 9.18. The molecule has 0 aromatic heterocycles. The molecule has 0 bridgehead atoms. The van der Waals surface area contributed by atoms with Crippen molar-refractivity contribution in [1.29, 1.82) is 5.26 Å². The summed E-state index contributed by atoms with van der Waals surface area (Å²) in [6, 6.07) is 29.7. The van der Waals surface area contributed by atoms with E-state index in [9.17, 15) is 5.26 Å². The van der Waals surface area contributed by atoms with Crippen molar-refractivity contribution in [3.05, 3.63) is 117 Å². The van der Waals surface area contributed by atoms with E-state index in [2.05, 4.69) is 52.4 Å². The number of ether oxygens (including phenoxy) is 2. The highest BCUT2D eigenvalue weighted by molar-refractivity contribution is 9.10. The number of hydrogen-bond acceptors (Lipinski definition) is 4. The second-order valence-electron chi connectivity index (χ2n) is 8.20. The van der Waals surface area contributed by atoms with Gasteiger partial charge in [0.05, 0.1) is 16.7 Å². The zero-order chi connectivity index (χ0) is 25.3. The van der Waals surface area contributed by atoms with E-state index < -0.39 is 0 Å². The average Bonchev–Trinajstić information content (AvgIpc) is 2.91. The lowest BCUT2D eigenvalue weighted by molar-refractivity contribution is 0.287. The lowest BCUT2D eigenvalue weighted by Gasteiger charge is -2.17. The lowest BCUT2D eigenvalue weighted by Crippen LogP contribution is -2.13. The quantitative estimate of drug-likeness (QED) is 0.214. The Hall–Kier alpha value is -3.30. The van der Waals surface area contributed by atoms with Gasteiger partial charge in [0, 0.05) is 28.2 Å². The monoisotopic (exact) mass is 560 g/mol. The summed E-state index contributed by atoms with van der Waals surface area (Å²) in [4.78, 5) is 0. The summed E-state index contributed by atoms with van der Waals surface area (Å²) in [6.07, 6.45) is 0. The Morgan fingerprint density at radius 3 is 2.42 bits per heavy atom. The van der Waals surface area contributed by atoms with E-state index in [-0.39, 0.29) is 0 Å². The minimum Gasteiger partial charge on any atom is -0.488 e. The number of nitriles is 1. The lowest BCUT2D eigenvalue weighted by atomic mass is 10.0. The molecule has 182 valence electrons. The number of benzene rings is 4. The predicted molar refractivity (Wildman–Crippen MR) is 148 cm³/mol. The first kappa shape index (κ1) is 25.8. The average molecular weight is 562 g/mol. The van der Waals surface area contributed by atoms with Crippen LogP contribution in [0.1, 0.15) is 29.2 Å². The van der Waals surface area contributed by atoms with E-state index in [1.165, 1.54) is 0 Å². The Labute approximate surface area is 225 Å². The molecule has 4 rings (SSSR count). The first-order valence-corrected chi connectivity index (χ1v) is 12.9. The number of halogens is 2. The highest BCUT2D eigenvalue weighted by Crippen LogP contribution is 2.36. The van der Waals surface area contributed by atoms with Crippen LogP contribution in [0.3, 0.4) is 0 Å². The van der Waals surface area contributed by atoms with Crippen LogP contribution in [0, 0.1) is 11.3 Å². The summed E-state index contributed by atoms with van der Waals surface area (Å²) in [7, 11) is 0. The molecule has 4 nitrogen and oxygen atoms in total. The Bertz CT molecular complexity index is 1370. The van der Waals surface area contributed by atoms with Gasteiger partial charge in [0.15, 0.2) is 0 Å². The van der Waals surface area contributed by atoms with Gasteiger partial charge in [0.25, 0.3) is 0 Å². The Kier molecular flexibility index (Phi) is 9.02. The fourth-order valence-electron chi connectivity index (χ4n) is 3.80. The van der Waals surface area contributed by atoms with Crippen LogP contribution in [0.25, 0.3) is 11.1 Å². The standard InChI is InChI=1S/C30H26BrClN2O2/c1-2-34-18-25-15-27(32)29(16-28(25)35-19-22-9-6-8-21(14-22)17-33)36-20-24-12-7-13-26(30(24)31)23-10-4-3-5-11-23/h3-16,34H,2,18-20H2,1H3. The van der Waals surface area contributed by atoms with Crippen molar-refractivity contribution >= 4 is 27.5 Å². The summed E-state index contributed by atoms with van der Waals surface area (Å²) in [5.41, 5.74) is 5.72. The molecule has 1 N–H and O–H groups in total. The van der Waals surface area contributed by atoms with E-state index in [0.29, 0.717) is 41.8 Å². The first-order chi connectivity index (χ1) is 17.6. The first-order valence-electron chi connectivity index (χ1n) is 11.7. The molecular formula is C30H26BrClN2O2. The molecule has 0 atom stereocenters. The van der Waals surface area contributed by atoms with Gasteiger partial charge in [-0.05, 0) is 57.4 Å². The van der Waals surface area contributed by atoms with Gasteiger partial charge in [-0.15, -0.1) is 0 Å². The molecule has 0 saturated heterocycles. The van der Waals surface area contributed by atoms with Crippen molar-refractivity contribution in [2.45, 2.75) is 26.7 Å². The van der Waals surface area contributed by atoms with Crippen molar-refractivity contribution in [2.24, 2.45) is 0 Å². The van der Waals surface area contributed by atoms with Crippen molar-refractivity contribution in [3.63, 3.8) is 0 Å². The SMILES string of the molecule is CCNCc1cc(Cl)c(OCc2cccc(-c3ccccc3)c2Br)cc1OCc1cccc(C#N)c1. The molecule has 4 aromatic rings. The molecular weight excluding hydrogens is 536 g/mol. The molecule has 4 aromatic carbocycles. The normalized spacial score (nSPS) is 10.6. The summed E-state index contributed by atoms with van der Waals surface area (Å²) in [5, 5.41) is 13.0. The number of nitrogens with zero attached hydrogens (tertiary/aromatic N) is 1. The molecule has 0 aliphatic heterocycles. The van der Waals surface area contributed by atoms with Crippen molar-refractivity contribution in [2.75, 3.05) is 6.54 Å². The van der Waals surface area contributed by atoms with Crippen molar-refractivity contribution in [1.82, 2.24) is 5.32 Å². The molecule has 0 amide bonds. The number of rotatable bonds is 10. The minimum absolute atomic E-state index is 0.334. The maximum Gasteiger partial charge on any atom is 0.142 e. The van der Waals surface area contributed by atoms with Gasteiger partial charge in [-0.3, -0.25) is 0 Å². The highest BCUT2D eigenvalue weighted by Gasteiger charge is 2.14. The summed E-state index contributed by atoms with van der Waals surface area (Å²) < 4.78 is 13.3. The predicted octanol–water partition coefficient (Wildman–Crippen LogP) is 7.91. The van der Waals surface area contributed by atoms with Gasteiger partial charge >= 0.3 is 0 Å². The van der Waals surface area contributed by atoms with Crippen LogP contribution >= 0.6 is 27.5 Å². The molecule has 0 heterocycles. The Morgan fingerprint density at radius 2 is 1.64 bits per heavy atom. The van der Waals surface area contributed by atoms with E-state index in [4.69, 9.17) is 21.1 Å². The molecule has 0 saturated carbocycles. The third kappa shape index (κ3) is 6.47. The third-order valence-electron chi connectivity index (χ3n) is 5.68. The van der Waals surface area contributed by atoms with Gasteiger partial charge in [0.1, 0.15) is 24.7 Å². The van der Waals surface area contributed by atoms with E-state index in [1.54, 1.807) is 6.07 Å². The summed E-state index contributed by atoms with van der Waals surface area (Å²) >= 11 is 10.4. The molecule has 0 radical (unpaired) electrons. The fraction of sp³-hybridized carbons (Fsp3) is 0.167. The zero-order valence-corrected chi connectivity index (χ0v) is 22.3. The van der Waals surface area contributed by atoms with Crippen molar-refractivity contribution < 1.29 is 9.47 Å². The summed E-state index contributed by atoms with van der Waals surface area (Å²) in [6.45, 7) is 4.17. The smallest absolute Gasteiger partial charge is 0.142 e. The van der Waals surface area contributed by atoms with Gasteiger partial charge in [-0.2, -0.15) is 5.26 Å². The minimum atomic E-state index is 0.334. The third-order valence-corrected chi connectivity index (χ3v) is 6.91. The largest absolute Gasteiger partial charge is 0.488 e. The molecule has 0 aliphatic rings. The van der Waals surface area contributed by atoms with E-state index in [1.807, 2.05) is 60.7 Å². The highest BCUT2D eigenvalue weighted by atomic mass is 79.9. The van der Waals surface area contributed by atoms with Crippen LogP contribution in [0.15, 0.2) is 89.4 Å². The van der Waals surface area contributed by atoms with E-state index in [0.717, 1.165) is 38.8 Å². The molecule has 0 unspecified atom stereocenters. The molecule has 0 fully saturated rings. The zero-order valence-electron chi connectivity index (χ0n) is 19.9. The van der Waals surface area contributed by atoms with Crippen LogP contribution in [-0.2, 0) is 19.8 Å². The molecule has 6 heteroatoms. The number of hydrogen-bond donors (Lipinski definition) is 1. The van der Waals surface area contributed by atoms with Gasteiger partial charge < -0.3 is 14.8 Å². The van der Waals surface area contributed by atoms with Crippen LogP contribution < -0.4 is 14.8 Å². The molecule has 0 spiro atoms. The van der Waals surface area contributed by atoms with Gasteiger partial charge in [0.2, 0.25) is 0 Å². The molecule has 0 aliphatic carbocycles. The fourth-order valence-corrected chi connectivity index (χ4v) is 4.65.